The minimum Gasteiger partial charge on any atom is -0.449 e. The van der Waals surface area contributed by atoms with Gasteiger partial charge < -0.3 is 9.64 Å². The van der Waals surface area contributed by atoms with Crippen molar-refractivity contribution >= 4 is 6.09 Å². The Bertz CT molecular complexity index is 230. The summed E-state index contributed by atoms with van der Waals surface area (Å²) in [5.74, 6) is 1.40. The van der Waals surface area contributed by atoms with E-state index < -0.39 is 0 Å². The van der Waals surface area contributed by atoms with Gasteiger partial charge in [-0.15, -0.1) is 0 Å². The molecule has 0 radical (unpaired) electrons. The van der Waals surface area contributed by atoms with E-state index >= 15 is 0 Å². The first kappa shape index (κ1) is 14.3. The van der Waals surface area contributed by atoms with Gasteiger partial charge in [0.1, 0.15) is 0 Å². The van der Waals surface area contributed by atoms with E-state index in [-0.39, 0.29) is 6.09 Å². The maximum absolute atomic E-state index is 11.8. The van der Waals surface area contributed by atoms with Gasteiger partial charge in [0, 0.05) is 13.1 Å². The van der Waals surface area contributed by atoms with Gasteiger partial charge in [-0.25, -0.2) is 4.79 Å². The van der Waals surface area contributed by atoms with Crippen LogP contribution in [0, 0.1) is 11.8 Å². The molecule has 0 spiro atoms. The van der Waals surface area contributed by atoms with E-state index in [9.17, 15) is 4.79 Å². The zero-order valence-corrected chi connectivity index (χ0v) is 11.6. The number of ether oxygens (including phenoxy) is 1. The minimum absolute atomic E-state index is 0.105. The van der Waals surface area contributed by atoms with Gasteiger partial charge >= 0.3 is 6.09 Å². The number of amides is 1. The molecule has 2 atom stereocenters. The summed E-state index contributed by atoms with van der Waals surface area (Å²) >= 11 is 0. The van der Waals surface area contributed by atoms with Gasteiger partial charge in [0.05, 0.1) is 6.61 Å². The van der Waals surface area contributed by atoms with Gasteiger partial charge in [0.2, 0.25) is 0 Å². The quantitative estimate of drug-likeness (QED) is 0.687. The van der Waals surface area contributed by atoms with Crippen LogP contribution in [0.4, 0.5) is 4.79 Å². The van der Waals surface area contributed by atoms with Crippen molar-refractivity contribution in [1.82, 2.24) is 4.90 Å². The summed E-state index contributed by atoms with van der Waals surface area (Å²) < 4.78 is 5.27. The van der Waals surface area contributed by atoms with Crippen LogP contribution in [0.3, 0.4) is 0 Å². The van der Waals surface area contributed by atoms with Crippen molar-refractivity contribution in [1.29, 1.82) is 0 Å². The predicted octanol–water partition coefficient (Wildman–Crippen LogP) is 3.68. The highest BCUT2D eigenvalue weighted by Gasteiger charge is 2.28. The van der Waals surface area contributed by atoms with Gasteiger partial charge in [0.25, 0.3) is 0 Å². The number of nitrogens with zero attached hydrogens (tertiary/aromatic N) is 1. The average Bonchev–Trinajstić information content (AvgIpc) is 2.32. The van der Waals surface area contributed by atoms with Crippen LogP contribution in [0.1, 0.15) is 52.9 Å². The molecule has 100 valence electrons. The number of carbonyl (C=O) groups excluding carboxylic acids is 1. The van der Waals surface area contributed by atoms with E-state index in [1.54, 1.807) is 0 Å². The van der Waals surface area contributed by atoms with Crippen molar-refractivity contribution < 1.29 is 9.53 Å². The monoisotopic (exact) mass is 241 g/mol. The largest absolute Gasteiger partial charge is 0.449 e. The first-order valence-corrected chi connectivity index (χ1v) is 7.10. The summed E-state index contributed by atoms with van der Waals surface area (Å²) in [6.07, 6.45) is 5.48. The van der Waals surface area contributed by atoms with Crippen molar-refractivity contribution in [2.75, 3.05) is 19.7 Å². The Morgan fingerprint density at radius 1 is 1.35 bits per heavy atom. The Balaban J connectivity index is 2.35. The SMILES string of the molecule is CCCCOC(=O)N1CCC(C)C(CCC)C1. The maximum atomic E-state index is 11.8. The molecular weight excluding hydrogens is 214 g/mol. The minimum atomic E-state index is -0.105. The molecule has 1 heterocycles. The van der Waals surface area contributed by atoms with E-state index in [2.05, 4.69) is 20.8 Å². The van der Waals surface area contributed by atoms with Crippen LogP contribution in [0.2, 0.25) is 0 Å². The zero-order chi connectivity index (χ0) is 12.7. The molecule has 0 bridgehead atoms. The second-order valence-corrected chi connectivity index (χ2v) is 5.23. The fourth-order valence-corrected chi connectivity index (χ4v) is 2.46. The molecule has 0 N–H and O–H groups in total. The molecule has 17 heavy (non-hydrogen) atoms. The lowest BCUT2D eigenvalue weighted by molar-refractivity contribution is 0.0688. The van der Waals surface area contributed by atoms with Gasteiger partial charge in [-0.05, 0) is 31.1 Å². The third kappa shape index (κ3) is 4.57. The Morgan fingerprint density at radius 2 is 2.12 bits per heavy atom. The molecule has 3 heteroatoms. The molecule has 2 unspecified atom stereocenters. The first-order valence-electron chi connectivity index (χ1n) is 7.10. The number of rotatable bonds is 5. The first-order chi connectivity index (χ1) is 8.19. The third-order valence-corrected chi connectivity index (χ3v) is 3.76. The highest BCUT2D eigenvalue weighted by molar-refractivity contribution is 5.67. The Kier molecular flexibility index (Phi) is 6.38. The molecule has 0 aromatic heterocycles. The topological polar surface area (TPSA) is 29.5 Å². The van der Waals surface area contributed by atoms with Crippen molar-refractivity contribution in [2.45, 2.75) is 52.9 Å². The van der Waals surface area contributed by atoms with Crippen LogP contribution in [-0.4, -0.2) is 30.7 Å². The summed E-state index contributed by atoms with van der Waals surface area (Å²) in [6, 6.07) is 0. The van der Waals surface area contributed by atoms with Crippen molar-refractivity contribution in [3.05, 3.63) is 0 Å². The van der Waals surface area contributed by atoms with E-state index in [0.29, 0.717) is 12.5 Å². The molecule has 1 aliphatic rings. The number of hydrogen-bond acceptors (Lipinski definition) is 2. The lowest BCUT2D eigenvalue weighted by atomic mass is 9.84. The zero-order valence-electron chi connectivity index (χ0n) is 11.6. The Labute approximate surface area is 106 Å². The third-order valence-electron chi connectivity index (χ3n) is 3.76. The van der Waals surface area contributed by atoms with Crippen molar-refractivity contribution in [3.63, 3.8) is 0 Å². The average molecular weight is 241 g/mol. The predicted molar refractivity (Wildman–Crippen MR) is 70.0 cm³/mol. The van der Waals surface area contributed by atoms with Crippen LogP contribution in [0.5, 0.6) is 0 Å². The van der Waals surface area contributed by atoms with Crippen LogP contribution in [0.25, 0.3) is 0 Å². The van der Waals surface area contributed by atoms with Crippen LogP contribution in [0.15, 0.2) is 0 Å². The molecule has 3 nitrogen and oxygen atoms in total. The second-order valence-electron chi connectivity index (χ2n) is 5.23. The summed E-state index contributed by atoms with van der Waals surface area (Å²) in [6.45, 7) is 8.95. The second kappa shape index (κ2) is 7.57. The fourth-order valence-electron chi connectivity index (χ4n) is 2.46. The number of likely N-dealkylation sites (tertiary alicyclic amines) is 1. The number of carbonyl (C=O) groups is 1. The summed E-state index contributed by atoms with van der Waals surface area (Å²) in [7, 11) is 0. The van der Waals surface area contributed by atoms with Gasteiger partial charge in [-0.3, -0.25) is 0 Å². The molecule has 1 aliphatic heterocycles. The molecule has 1 rings (SSSR count). The smallest absolute Gasteiger partial charge is 0.409 e. The number of unbranched alkanes of at least 4 members (excludes halogenated alkanes) is 1. The van der Waals surface area contributed by atoms with Gasteiger partial charge in [0.15, 0.2) is 0 Å². The summed E-state index contributed by atoms with van der Waals surface area (Å²) in [4.78, 5) is 13.7. The molecular formula is C14H27NO2. The summed E-state index contributed by atoms with van der Waals surface area (Å²) in [5, 5.41) is 0. The molecule has 1 amide bonds. The summed E-state index contributed by atoms with van der Waals surface area (Å²) in [5.41, 5.74) is 0. The Morgan fingerprint density at radius 3 is 2.76 bits per heavy atom. The van der Waals surface area contributed by atoms with Crippen molar-refractivity contribution in [2.24, 2.45) is 11.8 Å². The molecule has 0 aromatic rings. The van der Waals surface area contributed by atoms with E-state index in [1.807, 2.05) is 4.90 Å². The molecule has 1 saturated heterocycles. The fraction of sp³-hybridized carbons (Fsp3) is 0.929. The maximum Gasteiger partial charge on any atom is 0.409 e. The lowest BCUT2D eigenvalue weighted by Crippen LogP contribution is -2.43. The van der Waals surface area contributed by atoms with Crippen LogP contribution >= 0.6 is 0 Å². The van der Waals surface area contributed by atoms with Crippen LogP contribution < -0.4 is 0 Å². The molecule has 1 fully saturated rings. The molecule has 0 saturated carbocycles. The highest BCUT2D eigenvalue weighted by atomic mass is 16.6. The molecule has 0 aromatic carbocycles. The standard InChI is InChI=1S/C14H27NO2/c1-4-6-10-17-14(16)15-9-8-12(3)13(11-15)7-5-2/h12-13H,4-11H2,1-3H3. The highest BCUT2D eigenvalue weighted by Crippen LogP contribution is 2.27. The van der Waals surface area contributed by atoms with E-state index in [4.69, 9.17) is 4.74 Å². The molecule has 0 aliphatic carbocycles. The normalized spacial score (nSPS) is 24.8. The van der Waals surface area contributed by atoms with E-state index in [1.165, 1.54) is 12.8 Å². The number of piperidine rings is 1. The Hall–Kier alpha value is -0.730. The van der Waals surface area contributed by atoms with Gasteiger partial charge in [-0.1, -0.05) is 33.6 Å². The van der Waals surface area contributed by atoms with Crippen molar-refractivity contribution in [3.8, 4) is 0 Å². The van der Waals surface area contributed by atoms with Crippen LogP contribution in [-0.2, 0) is 4.74 Å². The van der Waals surface area contributed by atoms with Gasteiger partial charge in [-0.2, -0.15) is 0 Å². The number of hydrogen-bond donors (Lipinski definition) is 0. The van der Waals surface area contributed by atoms with E-state index in [0.717, 1.165) is 38.3 Å². The lowest BCUT2D eigenvalue weighted by Gasteiger charge is -2.36.